The van der Waals surface area contributed by atoms with Crippen LogP contribution in [0.3, 0.4) is 0 Å². The van der Waals surface area contributed by atoms with E-state index in [1.165, 1.54) is 6.92 Å². The van der Waals surface area contributed by atoms with E-state index in [4.69, 9.17) is 11.6 Å². The summed E-state index contributed by atoms with van der Waals surface area (Å²) in [6.45, 7) is 5.90. The van der Waals surface area contributed by atoms with Crippen molar-refractivity contribution < 1.29 is 9.59 Å². The van der Waals surface area contributed by atoms with Gasteiger partial charge in [0.1, 0.15) is 0 Å². The van der Waals surface area contributed by atoms with Crippen LogP contribution < -0.4 is 4.90 Å². The summed E-state index contributed by atoms with van der Waals surface area (Å²) in [5.41, 5.74) is 0.767. The Hall–Kier alpha value is -1.35. The van der Waals surface area contributed by atoms with Gasteiger partial charge in [0, 0.05) is 12.2 Å². The maximum Gasteiger partial charge on any atom is 0.252 e. The van der Waals surface area contributed by atoms with Crippen molar-refractivity contribution in [2.24, 2.45) is 5.92 Å². The van der Waals surface area contributed by atoms with Gasteiger partial charge in [0.2, 0.25) is 0 Å². The number of anilines is 1. The molecule has 1 atom stereocenters. The third-order valence-corrected chi connectivity index (χ3v) is 2.95. The van der Waals surface area contributed by atoms with E-state index in [1.54, 1.807) is 4.90 Å². The Labute approximate surface area is 113 Å². The zero-order chi connectivity index (χ0) is 13.7. The summed E-state index contributed by atoms with van der Waals surface area (Å²) in [7, 11) is 0. The lowest BCUT2D eigenvalue weighted by Crippen LogP contribution is -2.41. The van der Waals surface area contributed by atoms with Gasteiger partial charge in [-0.05, 0) is 25.0 Å². The van der Waals surface area contributed by atoms with E-state index in [9.17, 15) is 9.59 Å². The van der Waals surface area contributed by atoms with Gasteiger partial charge in [-0.2, -0.15) is 0 Å². The molecule has 3 nitrogen and oxygen atoms in total. The van der Waals surface area contributed by atoms with Crippen LogP contribution in [0, 0.1) is 5.92 Å². The number of carbonyl (C=O) groups is 2. The molecule has 0 radical (unpaired) electrons. The lowest BCUT2D eigenvalue weighted by Gasteiger charge is -2.26. The average molecular weight is 268 g/mol. The van der Waals surface area contributed by atoms with E-state index in [0.717, 1.165) is 5.69 Å². The molecular weight excluding hydrogens is 250 g/mol. The van der Waals surface area contributed by atoms with Gasteiger partial charge in [-0.1, -0.05) is 32.0 Å². The molecule has 1 rings (SSSR count). The second-order valence-electron chi connectivity index (χ2n) is 4.65. The number of rotatable bonds is 5. The Kier molecular flexibility index (Phi) is 5.35. The van der Waals surface area contributed by atoms with Crippen molar-refractivity contribution in [3.63, 3.8) is 0 Å². The molecule has 4 heteroatoms. The van der Waals surface area contributed by atoms with Crippen LogP contribution >= 0.6 is 11.6 Å². The molecule has 0 aromatic heterocycles. The lowest BCUT2D eigenvalue weighted by molar-refractivity contribution is -0.125. The first-order chi connectivity index (χ1) is 8.43. The molecule has 0 fully saturated rings. The summed E-state index contributed by atoms with van der Waals surface area (Å²) < 4.78 is 0. The standard InChI is InChI=1S/C14H18ClNO2/c1-10(2)9-16(12-7-5-4-6-8-12)14(18)13(15)11(3)17/h4-8,10,13H,9H2,1-3H3. The summed E-state index contributed by atoms with van der Waals surface area (Å²) in [5.74, 6) is -0.389. The Bertz CT molecular complexity index is 417. The molecule has 18 heavy (non-hydrogen) atoms. The number of hydrogen-bond acceptors (Lipinski definition) is 2. The molecule has 1 aromatic rings. The number of alkyl halides is 1. The van der Waals surface area contributed by atoms with Crippen LogP contribution in [0.25, 0.3) is 0 Å². The van der Waals surface area contributed by atoms with E-state index in [0.29, 0.717) is 12.5 Å². The van der Waals surface area contributed by atoms with Crippen molar-refractivity contribution in [3.05, 3.63) is 30.3 Å². The van der Waals surface area contributed by atoms with Crippen molar-refractivity contribution in [1.29, 1.82) is 0 Å². The number of amides is 1. The predicted molar refractivity (Wildman–Crippen MR) is 74.0 cm³/mol. The average Bonchev–Trinajstić information content (AvgIpc) is 2.35. The number of ketones is 1. The molecule has 0 saturated carbocycles. The molecule has 0 aliphatic carbocycles. The number of benzene rings is 1. The Morgan fingerprint density at radius 2 is 1.78 bits per heavy atom. The molecule has 98 valence electrons. The summed E-state index contributed by atoms with van der Waals surface area (Å²) in [5, 5.41) is -1.11. The van der Waals surface area contributed by atoms with Crippen LogP contribution in [0.1, 0.15) is 20.8 Å². The van der Waals surface area contributed by atoms with E-state index >= 15 is 0 Å². The summed E-state index contributed by atoms with van der Waals surface area (Å²) in [6, 6.07) is 9.26. The maximum atomic E-state index is 12.2. The SMILES string of the molecule is CC(=O)C(Cl)C(=O)N(CC(C)C)c1ccccc1. The first-order valence-corrected chi connectivity index (χ1v) is 6.38. The van der Waals surface area contributed by atoms with E-state index in [1.807, 2.05) is 44.2 Å². The van der Waals surface area contributed by atoms with Crippen molar-refractivity contribution >= 4 is 29.0 Å². The molecule has 0 spiro atoms. The number of halogens is 1. The van der Waals surface area contributed by atoms with E-state index in [2.05, 4.69) is 0 Å². The van der Waals surface area contributed by atoms with Gasteiger partial charge in [0.25, 0.3) is 5.91 Å². The van der Waals surface area contributed by atoms with E-state index in [-0.39, 0.29) is 11.7 Å². The molecule has 0 saturated heterocycles. The summed E-state index contributed by atoms with van der Waals surface area (Å²) in [4.78, 5) is 25.0. The largest absolute Gasteiger partial charge is 0.310 e. The third-order valence-electron chi connectivity index (χ3n) is 2.46. The van der Waals surface area contributed by atoms with Gasteiger partial charge >= 0.3 is 0 Å². The second-order valence-corrected chi connectivity index (χ2v) is 5.09. The molecule has 1 unspecified atom stereocenters. The zero-order valence-corrected chi connectivity index (χ0v) is 11.6. The van der Waals surface area contributed by atoms with Crippen molar-refractivity contribution in [1.82, 2.24) is 0 Å². The highest BCUT2D eigenvalue weighted by Gasteiger charge is 2.27. The van der Waals surface area contributed by atoms with Crippen LogP contribution in [-0.4, -0.2) is 23.6 Å². The molecule has 1 aromatic carbocycles. The van der Waals surface area contributed by atoms with E-state index < -0.39 is 5.38 Å². The zero-order valence-electron chi connectivity index (χ0n) is 10.9. The first kappa shape index (κ1) is 14.7. The van der Waals surface area contributed by atoms with Gasteiger partial charge in [-0.15, -0.1) is 11.6 Å². The molecule has 0 aliphatic rings. The number of para-hydroxylation sites is 1. The third kappa shape index (κ3) is 3.84. The summed E-state index contributed by atoms with van der Waals surface area (Å²) >= 11 is 5.85. The van der Waals surface area contributed by atoms with Gasteiger partial charge in [0.05, 0.1) is 0 Å². The van der Waals surface area contributed by atoms with Crippen LogP contribution in [-0.2, 0) is 9.59 Å². The summed E-state index contributed by atoms with van der Waals surface area (Å²) in [6.07, 6.45) is 0. The number of carbonyl (C=O) groups excluding carboxylic acids is 2. The fourth-order valence-electron chi connectivity index (χ4n) is 1.61. The molecule has 0 N–H and O–H groups in total. The maximum absolute atomic E-state index is 12.2. The molecular formula is C14H18ClNO2. The normalized spacial score (nSPS) is 12.3. The van der Waals surface area contributed by atoms with Crippen LogP contribution in [0.2, 0.25) is 0 Å². The Morgan fingerprint density at radius 3 is 2.22 bits per heavy atom. The first-order valence-electron chi connectivity index (χ1n) is 5.94. The van der Waals surface area contributed by atoms with Gasteiger partial charge < -0.3 is 4.90 Å². The monoisotopic (exact) mass is 267 g/mol. The molecule has 0 bridgehead atoms. The topological polar surface area (TPSA) is 37.4 Å². The van der Waals surface area contributed by atoms with Crippen LogP contribution in [0.15, 0.2) is 30.3 Å². The Morgan fingerprint density at radius 1 is 1.22 bits per heavy atom. The number of Topliss-reactive ketones (excluding diaryl/α,β-unsaturated/α-hetero) is 1. The lowest BCUT2D eigenvalue weighted by atomic mass is 10.1. The number of nitrogens with zero attached hydrogens (tertiary/aromatic N) is 1. The minimum atomic E-state index is -1.11. The quantitative estimate of drug-likeness (QED) is 0.608. The molecule has 0 heterocycles. The minimum Gasteiger partial charge on any atom is -0.310 e. The van der Waals surface area contributed by atoms with Crippen LogP contribution in [0.5, 0.6) is 0 Å². The fraction of sp³-hybridized carbons (Fsp3) is 0.429. The minimum absolute atomic E-state index is 0.296. The Balaban J connectivity index is 2.99. The van der Waals surface area contributed by atoms with Crippen molar-refractivity contribution in [2.75, 3.05) is 11.4 Å². The van der Waals surface area contributed by atoms with Crippen molar-refractivity contribution in [2.45, 2.75) is 26.1 Å². The predicted octanol–water partition coefficient (Wildman–Crippen LogP) is 2.87. The highest BCUT2D eigenvalue weighted by molar-refractivity contribution is 6.43. The van der Waals surface area contributed by atoms with Crippen LogP contribution in [0.4, 0.5) is 5.69 Å². The highest BCUT2D eigenvalue weighted by atomic mass is 35.5. The highest BCUT2D eigenvalue weighted by Crippen LogP contribution is 2.18. The number of hydrogen-bond donors (Lipinski definition) is 0. The van der Waals surface area contributed by atoms with Gasteiger partial charge in [0.15, 0.2) is 11.2 Å². The molecule has 0 aliphatic heterocycles. The second kappa shape index (κ2) is 6.55. The smallest absolute Gasteiger partial charge is 0.252 e. The van der Waals surface area contributed by atoms with Gasteiger partial charge in [-0.25, -0.2) is 0 Å². The van der Waals surface area contributed by atoms with Crippen molar-refractivity contribution in [3.8, 4) is 0 Å². The fourth-order valence-corrected chi connectivity index (χ4v) is 1.72. The van der Waals surface area contributed by atoms with Gasteiger partial charge in [-0.3, -0.25) is 9.59 Å². The molecule has 1 amide bonds.